The van der Waals surface area contributed by atoms with Crippen molar-refractivity contribution < 1.29 is 0 Å². The fraction of sp³-hybridized carbons (Fsp3) is 0.750. The van der Waals surface area contributed by atoms with Crippen molar-refractivity contribution in [2.24, 2.45) is 0 Å². The van der Waals surface area contributed by atoms with E-state index in [0.29, 0.717) is 10.5 Å². The van der Waals surface area contributed by atoms with Gasteiger partial charge in [0, 0.05) is 10.5 Å². The van der Waals surface area contributed by atoms with Crippen LogP contribution in [-0.2, 0) is 0 Å². The Morgan fingerprint density at radius 1 is 1.10 bits per heavy atom. The highest BCUT2D eigenvalue weighted by atomic mass is 32.1. The highest BCUT2D eigenvalue weighted by Gasteiger charge is 2.09. The zero-order valence-corrected chi connectivity index (χ0v) is 7.82. The van der Waals surface area contributed by atoms with Crippen LogP contribution in [0.1, 0.15) is 25.7 Å². The SMILES string of the molecule is SC1CC=CCCC(S)C1. The quantitative estimate of drug-likeness (QED) is 0.409. The first kappa shape index (κ1) is 8.54. The molecule has 0 saturated heterocycles. The Hall–Kier alpha value is 0.440. The van der Waals surface area contributed by atoms with Crippen LogP contribution in [0.2, 0.25) is 0 Å². The van der Waals surface area contributed by atoms with Crippen molar-refractivity contribution >= 4 is 25.3 Å². The van der Waals surface area contributed by atoms with Gasteiger partial charge in [-0.1, -0.05) is 12.2 Å². The molecule has 0 saturated carbocycles. The molecule has 0 amide bonds. The van der Waals surface area contributed by atoms with Crippen LogP contribution in [0, 0.1) is 0 Å². The summed E-state index contributed by atoms with van der Waals surface area (Å²) in [6.45, 7) is 0. The van der Waals surface area contributed by atoms with Crippen LogP contribution in [-0.4, -0.2) is 10.5 Å². The lowest BCUT2D eigenvalue weighted by molar-refractivity contribution is 0.670. The number of hydrogen-bond acceptors (Lipinski definition) is 2. The molecular weight excluding hydrogens is 160 g/mol. The zero-order chi connectivity index (χ0) is 7.40. The second-order valence-electron chi connectivity index (χ2n) is 2.83. The third-order valence-electron chi connectivity index (χ3n) is 1.79. The topological polar surface area (TPSA) is 0 Å². The highest BCUT2D eigenvalue weighted by Crippen LogP contribution is 2.20. The average Bonchev–Trinajstić information content (AvgIpc) is 1.83. The highest BCUT2D eigenvalue weighted by molar-refractivity contribution is 7.81. The van der Waals surface area contributed by atoms with Gasteiger partial charge in [0.25, 0.3) is 0 Å². The molecule has 58 valence electrons. The first-order valence-electron chi connectivity index (χ1n) is 3.80. The van der Waals surface area contributed by atoms with Gasteiger partial charge in [0.15, 0.2) is 0 Å². The van der Waals surface area contributed by atoms with E-state index in [1.165, 1.54) is 12.8 Å². The predicted molar refractivity (Wildman–Crippen MR) is 53.2 cm³/mol. The molecule has 0 aromatic carbocycles. The summed E-state index contributed by atoms with van der Waals surface area (Å²) in [6, 6.07) is 0. The molecule has 0 aromatic heterocycles. The van der Waals surface area contributed by atoms with Crippen LogP contribution >= 0.6 is 25.3 Å². The lowest BCUT2D eigenvalue weighted by atomic mass is 10.1. The van der Waals surface area contributed by atoms with Gasteiger partial charge in [-0.15, -0.1) is 0 Å². The lowest BCUT2D eigenvalue weighted by Gasteiger charge is -2.15. The van der Waals surface area contributed by atoms with Crippen molar-refractivity contribution in [3.63, 3.8) is 0 Å². The molecule has 0 radical (unpaired) electrons. The van der Waals surface area contributed by atoms with Gasteiger partial charge in [0.05, 0.1) is 0 Å². The zero-order valence-electron chi connectivity index (χ0n) is 6.03. The summed E-state index contributed by atoms with van der Waals surface area (Å²) in [4.78, 5) is 0. The minimum atomic E-state index is 0.527. The van der Waals surface area contributed by atoms with Gasteiger partial charge in [-0.3, -0.25) is 0 Å². The molecular formula is C8H14S2. The Kier molecular flexibility index (Phi) is 3.71. The molecule has 1 aliphatic carbocycles. The first-order valence-corrected chi connectivity index (χ1v) is 4.83. The van der Waals surface area contributed by atoms with Crippen LogP contribution in [0.15, 0.2) is 12.2 Å². The second kappa shape index (κ2) is 4.35. The number of thiol groups is 2. The van der Waals surface area contributed by atoms with Gasteiger partial charge in [-0.25, -0.2) is 0 Å². The summed E-state index contributed by atoms with van der Waals surface area (Å²) in [5.41, 5.74) is 0. The molecule has 0 fully saturated rings. The van der Waals surface area contributed by atoms with E-state index >= 15 is 0 Å². The Bertz CT molecular complexity index is 120. The van der Waals surface area contributed by atoms with Crippen molar-refractivity contribution in [2.45, 2.75) is 36.2 Å². The van der Waals surface area contributed by atoms with Crippen molar-refractivity contribution in [2.75, 3.05) is 0 Å². The fourth-order valence-electron chi connectivity index (χ4n) is 1.19. The minimum Gasteiger partial charge on any atom is -0.176 e. The Morgan fingerprint density at radius 3 is 2.70 bits per heavy atom. The second-order valence-corrected chi connectivity index (χ2v) is 4.29. The van der Waals surface area contributed by atoms with Crippen molar-refractivity contribution in [1.82, 2.24) is 0 Å². The number of hydrogen-bond donors (Lipinski definition) is 2. The molecule has 10 heavy (non-hydrogen) atoms. The fourth-order valence-corrected chi connectivity index (χ4v) is 2.13. The van der Waals surface area contributed by atoms with Gasteiger partial charge in [0.1, 0.15) is 0 Å². The first-order chi connectivity index (χ1) is 4.79. The standard InChI is InChI=1S/C8H14S2/c9-7-4-2-1-3-5-8(10)6-7/h1-2,7-10H,3-6H2. The third kappa shape index (κ3) is 3.02. The number of rotatable bonds is 0. The monoisotopic (exact) mass is 174 g/mol. The third-order valence-corrected chi connectivity index (χ3v) is 2.68. The van der Waals surface area contributed by atoms with Crippen LogP contribution < -0.4 is 0 Å². The minimum absolute atomic E-state index is 0.527. The van der Waals surface area contributed by atoms with E-state index < -0.39 is 0 Å². The molecule has 0 aliphatic heterocycles. The molecule has 1 rings (SSSR count). The lowest BCUT2D eigenvalue weighted by Crippen LogP contribution is -2.09. The van der Waals surface area contributed by atoms with Gasteiger partial charge in [-0.2, -0.15) is 25.3 Å². The van der Waals surface area contributed by atoms with Crippen molar-refractivity contribution in [3.8, 4) is 0 Å². The Balaban J connectivity index is 2.39. The number of allylic oxidation sites excluding steroid dienone is 2. The largest absolute Gasteiger partial charge is 0.176 e. The molecule has 0 nitrogen and oxygen atoms in total. The van der Waals surface area contributed by atoms with Crippen molar-refractivity contribution in [1.29, 1.82) is 0 Å². The molecule has 0 heterocycles. The molecule has 2 unspecified atom stereocenters. The van der Waals surface area contributed by atoms with Gasteiger partial charge in [0.2, 0.25) is 0 Å². The van der Waals surface area contributed by atoms with Crippen molar-refractivity contribution in [3.05, 3.63) is 12.2 Å². The van der Waals surface area contributed by atoms with Gasteiger partial charge < -0.3 is 0 Å². The maximum atomic E-state index is 4.45. The normalized spacial score (nSPS) is 35.0. The van der Waals surface area contributed by atoms with E-state index in [9.17, 15) is 0 Å². The molecule has 1 aliphatic rings. The summed E-state index contributed by atoms with van der Waals surface area (Å²) < 4.78 is 0. The van der Waals surface area contributed by atoms with Gasteiger partial charge >= 0.3 is 0 Å². The van der Waals surface area contributed by atoms with Gasteiger partial charge in [-0.05, 0) is 25.7 Å². The molecule has 2 heteroatoms. The average molecular weight is 174 g/mol. The van der Waals surface area contributed by atoms with Crippen LogP contribution in [0.4, 0.5) is 0 Å². The smallest absolute Gasteiger partial charge is 0.00617 e. The maximum Gasteiger partial charge on any atom is 0.00617 e. The van der Waals surface area contributed by atoms with Crippen LogP contribution in [0.25, 0.3) is 0 Å². The summed E-state index contributed by atoms with van der Waals surface area (Å²) in [7, 11) is 0. The Labute approximate surface area is 73.9 Å². The summed E-state index contributed by atoms with van der Waals surface area (Å²) in [5, 5.41) is 1.09. The van der Waals surface area contributed by atoms with Crippen LogP contribution in [0.5, 0.6) is 0 Å². The van der Waals surface area contributed by atoms with E-state index in [0.717, 1.165) is 12.8 Å². The van der Waals surface area contributed by atoms with E-state index in [2.05, 4.69) is 37.4 Å². The molecule has 0 spiro atoms. The summed E-state index contributed by atoms with van der Waals surface area (Å²) in [6.07, 6.45) is 9.13. The van der Waals surface area contributed by atoms with E-state index in [1.54, 1.807) is 0 Å². The van der Waals surface area contributed by atoms with E-state index in [1.807, 2.05) is 0 Å². The Morgan fingerprint density at radius 2 is 1.90 bits per heavy atom. The molecule has 0 bridgehead atoms. The summed E-state index contributed by atoms with van der Waals surface area (Å²) in [5.74, 6) is 0. The summed E-state index contributed by atoms with van der Waals surface area (Å²) >= 11 is 8.89. The van der Waals surface area contributed by atoms with E-state index in [4.69, 9.17) is 0 Å². The molecule has 0 aromatic rings. The van der Waals surface area contributed by atoms with E-state index in [-0.39, 0.29) is 0 Å². The maximum absolute atomic E-state index is 4.45. The van der Waals surface area contributed by atoms with Crippen LogP contribution in [0.3, 0.4) is 0 Å². The molecule has 2 atom stereocenters. The molecule has 0 N–H and O–H groups in total. The predicted octanol–water partition coefficient (Wildman–Crippen LogP) is 2.71.